The van der Waals surface area contributed by atoms with Crippen LogP contribution in [0.25, 0.3) is 0 Å². The number of primary sulfonamides is 1. The molecule has 1 aromatic rings. The van der Waals surface area contributed by atoms with Crippen molar-refractivity contribution in [3.63, 3.8) is 0 Å². The number of hydrogen-bond acceptors (Lipinski definition) is 5. The largest absolute Gasteiger partial charge is 0.354 e. The van der Waals surface area contributed by atoms with Gasteiger partial charge in [0.1, 0.15) is 0 Å². The van der Waals surface area contributed by atoms with Gasteiger partial charge in [0.15, 0.2) is 0 Å². The molecule has 0 saturated carbocycles. The van der Waals surface area contributed by atoms with Crippen molar-refractivity contribution in [3.8, 4) is 0 Å². The van der Waals surface area contributed by atoms with Crippen molar-refractivity contribution < 1.29 is 18.0 Å². The molecule has 1 aromatic carbocycles. The molecule has 2 rings (SSSR count). The molecule has 0 spiro atoms. The summed E-state index contributed by atoms with van der Waals surface area (Å²) in [5.74, 6) is -0.853. The highest BCUT2D eigenvalue weighted by Gasteiger charge is 2.35. The Hall–Kier alpha value is -1.97. The summed E-state index contributed by atoms with van der Waals surface area (Å²) < 4.78 is 22.9. The van der Waals surface area contributed by atoms with Crippen LogP contribution in [0.1, 0.15) is 20.3 Å². The van der Waals surface area contributed by atoms with Gasteiger partial charge in [-0.2, -0.15) is 0 Å². The smallest absolute Gasteiger partial charge is 0.238 e. The van der Waals surface area contributed by atoms with E-state index in [2.05, 4.69) is 10.6 Å². The van der Waals surface area contributed by atoms with Gasteiger partial charge in [0.05, 0.1) is 10.8 Å². The van der Waals surface area contributed by atoms with Crippen molar-refractivity contribution in [2.75, 3.05) is 24.5 Å². The maximum absolute atomic E-state index is 12.3. The number of nitrogens with two attached hydrogens (primary N) is 1. The summed E-state index contributed by atoms with van der Waals surface area (Å²) in [5, 5.41) is 11.2. The molecule has 1 saturated heterocycles. The third-order valence-electron chi connectivity index (χ3n) is 4.09. The van der Waals surface area contributed by atoms with Crippen molar-refractivity contribution in [3.05, 3.63) is 24.3 Å². The fraction of sp³-hybridized carbons (Fsp3) is 0.500. The molecule has 1 aliphatic rings. The topological polar surface area (TPSA) is 122 Å². The van der Waals surface area contributed by atoms with E-state index in [1.165, 1.54) is 23.1 Å². The Morgan fingerprint density at radius 2 is 2.16 bits per heavy atom. The van der Waals surface area contributed by atoms with Gasteiger partial charge >= 0.3 is 0 Å². The minimum atomic E-state index is -3.85. The second-order valence-corrected chi connectivity index (χ2v) is 7.71. The van der Waals surface area contributed by atoms with Crippen molar-refractivity contribution in [2.24, 2.45) is 11.1 Å². The van der Waals surface area contributed by atoms with Gasteiger partial charge in [-0.1, -0.05) is 13.0 Å². The van der Waals surface area contributed by atoms with Crippen molar-refractivity contribution in [1.82, 2.24) is 10.6 Å². The molecule has 1 unspecified atom stereocenters. The number of nitrogens with zero attached hydrogens (tertiary/aromatic N) is 1. The van der Waals surface area contributed by atoms with E-state index in [1.54, 1.807) is 6.07 Å². The molecular weight excluding hydrogens is 344 g/mol. The molecule has 8 nitrogen and oxygen atoms in total. The van der Waals surface area contributed by atoms with Crippen LogP contribution in [0.15, 0.2) is 29.2 Å². The molecule has 2 atom stereocenters. The van der Waals surface area contributed by atoms with Crippen molar-refractivity contribution in [2.45, 2.75) is 31.2 Å². The maximum atomic E-state index is 12.3. The van der Waals surface area contributed by atoms with E-state index in [1.807, 2.05) is 13.8 Å². The minimum Gasteiger partial charge on any atom is -0.354 e. The Balaban J connectivity index is 2.04. The standard InChI is InChI=1S/C16H24N4O4S/c1-3-18-11(2)9-19-16(22)12-7-15(21)20(10-12)13-5-4-6-14(8-13)25(17,23)24/h4-6,8,11-12,18H,3,7,9-10H2,1-2H3,(H,19,22)(H2,17,23,24)/t11-,12?/m1/s1. The second kappa shape index (κ2) is 7.94. The van der Waals surface area contributed by atoms with E-state index in [-0.39, 0.29) is 35.7 Å². The Labute approximate surface area is 147 Å². The second-order valence-electron chi connectivity index (χ2n) is 6.15. The zero-order chi connectivity index (χ0) is 18.6. The van der Waals surface area contributed by atoms with E-state index < -0.39 is 15.9 Å². The van der Waals surface area contributed by atoms with Crippen LogP contribution >= 0.6 is 0 Å². The molecule has 0 aliphatic carbocycles. The van der Waals surface area contributed by atoms with Gasteiger partial charge in [0.25, 0.3) is 0 Å². The summed E-state index contributed by atoms with van der Waals surface area (Å²) in [6.07, 6.45) is 0.0982. The number of amides is 2. The molecule has 0 aromatic heterocycles. The van der Waals surface area contributed by atoms with Gasteiger partial charge in [-0.05, 0) is 31.7 Å². The van der Waals surface area contributed by atoms with Crippen LogP contribution in [0.4, 0.5) is 5.69 Å². The first kappa shape index (κ1) is 19.4. The summed E-state index contributed by atoms with van der Waals surface area (Å²) >= 11 is 0. The highest BCUT2D eigenvalue weighted by Crippen LogP contribution is 2.26. The number of anilines is 1. The fourth-order valence-electron chi connectivity index (χ4n) is 2.78. The molecule has 0 bridgehead atoms. The third kappa shape index (κ3) is 5.00. The minimum absolute atomic E-state index is 0.0647. The summed E-state index contributed by atoms with van der Waals surface area (Å²) in [6.45, 7) is 5.47. The molecule has 1 heterocycles. The number of likely N-dealkylation sites (N-methyl/N-ethyl adjacent to an activating group) is 1. The van der Waals surface area contributed by atoms with Gasteiger partial charge in [-0.15, -0.1) is 0 Å². The maximum Gasteiger partial charge on any atom is 0.238 e. The zero-order valence-electron chi connectivity index (χ0n) is 14.4. The highest BCUT2D eigenvalue weighted by atomic mass is 32.2. The number of carbonyl (C=O) groups excluding carboxylic acids is 2. The van der Waals surface area contributed by atoms with Crippen LogP contribution in [-0.4, -0.2) is 45.9 Å². The summed E-state index contributed by atoms with van der Waals surface area (Å²) in [6, 6.07) is 6.01. The lowest BCUT2D eigenvalue weighted by molar-refractivity contribution is -0.126. The van der Waals surface area contributed by atoms with Crippen LogP contribution in [-0.2, 0) is 19.6 Å². The predicted molar refractivity (Wildman–Crippen MR) is 94.4 cm³/mol. The molecule has 1 aliphatic heterocycles. The number of hydrogen-bond donors (Lipinski definition) is 3. The third-order valence-corrected chi connectivity index (χ3v) is 5.00. The van der Waals surface area contributed by atoms with E-state index in [0.29, 0.717) is 12.2 Å². The van der Waals surface area contributed by atoms with Gasteiger partial charge in [-0.3, -0.25) is 9.59 Å². The van der Waals surface area contributed by atoms with Crippen molar-refractivity contribution >= 4 is 27.5 Å². The predicted octanol–water partition coefficient (Wildman–Crippen LogP) is -0.199. The lowest BCUT2D eigenvalue weighted by atomic mass is 10.1. The van der Waals surface area contributed by atoms with Gasteiger partial charge in [-0.25, -0.2) is 13.6 Å². The SMILES string of the molecule is CCN[C@H](C)CNC(=O)C1CC(=O)N(c2cccc(S(N)(=O)=O)c2)C1. The lowest BCUT2D eigenvalue weighted by Crippen LogP contribution is -2.41. The lowest BCUT2D eigenvalue weighted by Gasteiger charge is -2.18. The number of sulfonamides is 1. The number of benzene rings is 1. The number of rotatable bonds is 7. The number of carbonyl (C=O) groups is 2. The molecule has 0 radical (unpaired) electrons. The summed E-state index contributed by atoms with van der Waals surface area (Å²) in [5.41, 5.74) is 0.424. The van der Waals surface area contributed by atoms with Gasteiger partial charge in [0.2, 0.25) is 21.8 Å². The first-order valence-electron chi connectivity index (χ1n) is 8.16. The molecule has 25 heavy (non-hydrogen) atoms. The van der Waals surface area contributed by atoms with Crippen molar-refractivity contribution in [1.29, 1.82) is 0 Å². The average molecular weight is 368 g/mol. The molecule has 138 valence electrons. The van der Waals surface area contributed by atoms with Crippen LogP contribution < -0.4 is 20.7 Å². The van der Waals surface area contributed by atoms with E-state index in [4.69, 9.17) is 5.14 Å². The Bertz CT molecular complexity index is 750. The first-order chi connectivity index (χ1) is 11.7. The molecule has 2 amide bonds. The molecule has 4 N–H and O–H groups in total. The van der Waals surface area contributed by atoms with Crippen LogP contribution in [0.2, 0.25) is 0 Å². The zero-order valence-corrected chi connectivity index (χ0v) is 15.2. The normalized spacial score (nSPS) is 19.1. The summed E-state index contributed by atoms with van der Waals surface area (Å²) in [7, 11) is -3.85. The van der Waals surface area contributed by atoms with Gasteiger partial charge < -0.3 is 15.5 Å². The fourth-order valence-corrected chi connectivity index (χ4v) is 3.33. The van der Waals surface area contributed by atoms with E-state index in [9.17, 15) is 18.0 Å². The Morgan fingerprint density at radius 1 is 1.44 bits per heavy atom. The molecule has 1 fully saturated rings. The van der Waals surface area contributed by atoms with Crippen LogP contribution in [0.3, 0.4) is 0 Å². The molecule has 9 heteroatoms. The average Bonchev–Trinajstić information content (AvgIpc) is 2.94. The van der Waals surface area contributed by atoms with Gasteiger partial charge in [0, 0.05) is 31.2 Å². The quantitative estimate of drug-likeness (QED) is 0.615. The van der Waals surface area contributed by atoms with E-state index >= 15 is 0 Å². The molecular formula is C16H24N4O4S. The Kier molecular flexibility index (Phi) is 6.15. The van der Waals surface area contributed by atoms with E-state index in [0.717, 1.165) is 6.54 Å². The summed E-state index contributed by atoms with van der Waals surface area (Å²) in [4.78, 5) is 25.9. The first-order valence-corrected chi connectivity index (χ1v) is 9.71. The van der Waals surface area contributed by atoms with Crippen LogP contribution in [0.5, 0.6) is 0 Å². The number of nitrogens with one attached hydrogen (secondary N) is 2. The van der Waals surface area contributed by atoms with Crippen LogP contribution in [0, 0.1) is 5.92 Å². The monoisotopic (exact) mass is 368 g/mol. The highest BCUT2D eigenvalue weighted by molar-refractivity contribution is 7.89. The Morgan fingerprint density at radius 3 is 2.80 bits per heavy atom.